The van der Waals surface area contributed by atoms with E-state index in [1.165, 1.54) is 0 Å². The van der Waals surface area contributed by atoms with Crippen molar-refractivity contribution in [2.75, 3.05) is 13.2 Å². The lowest BCUT2D eigenvalue weighted by Gasteiger charge is -2.17. The van der Waals surface area contributed by atoms with Crippen LogP contribution in [0.3, 0.4) is 0 Å². The van der Waals surface area contributed by atoms with Crippen LogP contribution < -0.4 is 9.47 Å². The maximum atomic E-state index is 6.13. The molecule has 0 N–H and O–H groups in total. The first-order valence-electron chi connectivity index (χ1n) is 9.50. The number of ether oxygens (including phenoxy) is 2. The summed E-state index contributed by atoms with van der Waals surface area (Å²) in [6.45, 7) is 10.5. The van der Waals surface area contributed by atoms with E-state index < -0.39 is 0 Å². The Morgan fingerprint density at radius 3 is 1.33 bits per heavy atom. The average Bonchev–Trinajstić information content (AvgIpc) is 2.63. The van der Waals surface area contributed by atoms with Gasteiger partial charge in [-0.05, 0) is 24.0 Å². The molecule has 2 rings (SSSR count). The van der Waals surface area contributed by atoms with Crippen LogP contribution in [-0.2, 0) is 0 Å². The standard InChI is InChI=1S/C22H32O2/c1-5-17(6-2)15-23-21-13-9-12-20-19(21)11-10-14-22(20)24-16-18(7-3)8-4/h9-14,17-18H,5-8,15-16H2,1-4H3. The summed E-state index contributed by atoms with van der Waals surface area (Å²) in [7, 11) is 0. The predicted molar refractivity (Wildman–Crippen MR) is 103 cm³/mol. The molecule has 0 aliphatic rings. The van der Waals surface area contributed by atoms with E-state index in [1.54, 1.807) is 0 Å². The summed E-state index contributed by atoms with van der Waals surface area (Å²) >= 11 is 0. The Labute approximate surface area is 147 Å². The van der Waals surface area contributed by atoms with E-state index in [0.29, 0.717) is 11.8 Å². The van der Waals surface area contributed by atoms with Gasteiger partial charge in [0.05, 0.1) is 13.2 Å². The Bertz CT molecular complexity index is 557. The molecule has 0 bridgehead atoms. The fraction of sp³-hybridized carbons (Fsp3) is 0.545. The van der Waals surface area contributed by atoms with E-state index in [9.17, 15) is 0 Å². The second-order valence-corrected chi connectivity index (χ2v) is 6.59. The van der Waals surface area contributed by atoms with Crippen LogP contribution in [-0.4, -0.2) is 13.2 Å². The molecule has 0 radical (unpaired) electrons. The smallest absolute Gasteiger partial charge is 0.127 e. The maximum absolute atomic E-state index is 6.13. The Kier molecular flexibility index (Phi) is 7.42. The lowest BCUT2D eigenvalue weighted by molar-refractivity contribution is 0.241. The van der Waals surface area contributed by atoms with Crippen molar-refractivity contribution < 1.29 is 9.47 Å². The first-order chi connectivity index (χ1) is 11.7. The van der Waals surface area contributed by atoms with E-state index in [0.717, 1.165) is 61.2 Å². The second kappa shape index (κ2) is 9.56. The highest BCUT2D eigenvalue weighted by Crippen LogP contribution is 2.33. The summed E-state index contributed by atoms with van der Waals surface area (Å²) in [5, 5.41) is 2.29. The summed E-state index contributed by atoms with van der Waals surface area (Å²) in [4.78, 5) is 0. The summed E-state index contributed by atoms with van der Waals surface area (Å²) in [6, 6.07) is 12.5. The normalized spacial score (nSPS) is 11.4. The number of benzene rings is 2. The maximum Gasteiger partial charge on any atom is 0.127 e. The largest absolute Gasteiger partial charge is 0.493 e. The second-order valence-electron chi connectivity index (χ2n) is 6.59. The van der Waals surface area contributed by atoms with Crippen LogP contribution in [0.2, 0.25) is 0 Å². The molecule has 0 unspecified atom stereocenters. The van der Waals surface area contributed by atoms with Crippen molar-refractivity contribution >= 4 is 10.8 Å². The van der Waals surface area contributed by atoms with Gasteiger partial charge in [-0.2, -0.15) is 0 Å². The lowest BCUT2D eigenvalue weighted by atomic mass is 10.0. The van der Waals surface area contributed by atoms with Crippen molar-refractivity contribution in [3.05, 3.63) is 36.4 Å². The van der Waals surface area contributed by atoms with Gasteiger partial charge in [-0.25, -0.2) is 0 Å². The van der Waals surface area contributed by atoms with Crippen molar-refractivity contribution in [1.29, 1.82) is 0 Å². The van der Waals surface area contributed by atoms with Crippen molar-refractivity contribution in [3.63, 3.8) is 0 Å². The zero-order valence-corrected chi connectivity index (χ0v) is 15.7. The molecule has 0 aliphatic heterocycles. The summed E-state index contributed by atoms with van der Waals surface area (Å²) < 4.78 is 12.3. The van der Waals surface area contributed by atoms with Gasteiger partial charge in [-0.1, -0.05) is 77.6 Å². The topological polar surface area (TPSA) is 18.5 Å². The Morgan fingerprint density at radius 2 is 1.00 bits per heavy atom. The van der Waals surface area contributed by atoms with Gasteiger partial charge in [0.25, 0.3) is 0 Å². The molecule has 0 aromatic heterocycles. The molecule has 2 nitrogen and oxygen atoms in total. The number of hydrogen-bond acceptors (Lipinski definition) is 2. The molecular formula is C22H32O2. The lowest BCUT2D eigenvalue weighted by Crippen LogP contribution is -2.11. The van der Waals surface area contributed by atoms with Crippen LogP contribution in [0.4, 0.5) is 0 Å². The first-order valence-corrected chi connectivity index (χ1v) is 9.50. The van der Waals surface area contributed by atoms with Crippen molar-refractivity contribution in [1.82, 2.24) is 0 Å². The van der Waals surface area contributed by atoms with Crippen molar-refractivity contribution in [2.45, 2.75) is 53.4 Å². The van der Waals surface area contributed by atoms with Crippen LogP contribution >= 0.6 is 0 Å². The first kappa shape index (κ1) is 18.6. The van der Waals surface area contributed by atoms with Crippen LogP contribution in [0, 0.1) is 11.8 Å². The molecular weight excluding hydrogens is 296 g/mol. The average molecular weight is 328 g/mol. The Hall–Kier alpha value is -1.70. The minimum atomic E-state index is 0.620. The van der Waals surface area contributed by atoms with Gasteiger partial charge in [-0.3, -0.25) is 0 Å². The van der Waals surface area contributed by atoms with Gasteiger partial charge < -0.3 is 9.47 Å². The van der Waals surface area contributed by atoms with Crippen LogP contribution in [0.1, 0.15) is 53.4 Å². The molecule has 2 aromatic carbocycles. The van der Waals surface area contributed by atoms with Crippen molar-refractivity contribution in [2.24, 2.45) is 11.8 Å². The number of fused-ring (bicyclic) bond motifs is 1. The van der Waals surface area contributed by atoms with Crippen molar-refractivity contribution in [3.8, 4) is 11.5 Å². The van der Waals surface area contributed by atoms with Crippen LogP contribution in [0.25, 0.3) is 10.8 Å². The van der Waals surface area contributed by atoms with E-state index in [-0.39, 0.29) is 0 Å². The third kappa shape index (κ3) is 4.66. The van der Waals surface area contributed by atoms with E-state index in [1.807, 2.05) is 0 Å². The molecule has 0 amide bonds. The molecule has 2 aromatic rings. The van der Waals surface area contributed by atoms with Gasteiger partial charge in [0, 0.05) is 10.8 Å². The van der Waals surface area contributed by atoms with E-state index in [2.05, 4.69) is 64.1 Å². The Morgan fingerprint density at radius 1 is 0.625 bits per heavy atom. The SMILES string of the molecule is CCC(CC)COc1cccc2c(OCC(CC)CC)cccc12. The fourth-order valence-electron chi connectivity index (χ4n) is 2.97. The highest BCUT2D eigenvalue weighted by atomic mass is 16.5. The van der Waals surface area contributed by atoms with Crippen LogP contribution in [0.5, 0.6) is 11.5 Å². The molecule has 0 spiro atoms. The van der Waals surface area contributed by atoms with Crippen LogP contribution in [0.15, 0.2) is 36.4 Å². The van der Waals surface area contributed by atoms with Gasteiger partial charge >= 0.3 is 0 Å². The number of hydrogen-bond donors (Lipinski definition) is 0. The van der Waals surface area contributed by atoms with Gasteiger partial charge in [0.15, 0.2) is 0 Å². The molecule has 0 fully saturated rings. The van der Waals surface area contributed by atoms with E-state index in [4.69, 9.17) is 9.47 Å². The molecule has 132 valence electrons. The van der Waals surface area contributed by atoms with E-state index >= 15 is 0 Å². The highest BCUT2D eigenvalue weighted by Gasteiger charge is 2.11. The zero-order valence-electron chi connectivity index (χ0n) is 15.7. The molecule has 24 heavy (non-hydrogen) atoms. The van der Waals surface area contributed by atoms with Gasteiger partial charge in [0.1, 0.15) is 11.5 Å². The molecule has 2 heteroatoms. The predicted octanol–water partition coefficient (Wildman–Crippen LogP) is 6.47. The summed E-state index contributed by atoms with van der Waals surface area (Å²) in [5.41, 5.74) is 0. The monoisotopic (exact) mass is 328 g/mol. The quantitative estimate of drug-likeness (QED) is 0.497. The van der Waals surface area contributed by atoms with Gasteiger partial charge in [0.2, 0.25) is 0 Å². The minimum Gasteiger partial charge on any atom is -0.493 e. The summed E-state index contributed by atoms with van der Waals surface area (Å²) in [6.07, 6.45) is 4.63. The molecule has 0 saturated carbocycles. The third-order valence-electron chi connectivity index (χ3n) is 5.10. The zero-order chi connectivity index (χ0) is 17.4. The molecule has 0 heterocycles. The molecule has 0 aliphatic carbocycles. The Balaban J connectivity index is 2.19. The fourth-order valence-corrected chi connectivity index (χ4v) is 2.97. The number of rotatable bonds is 10. The molecule has 0 saturated heterocycles. The minimum absolute atomic E-state index is 0.620. The highest BCUT2D eigenvalue weighted by molar-refractivity contribution is 5.93. The third-order valence-corrected chi connectivity index (χ3v) is 5.10. The molecule has 0 atom stereocenters. The summed E-state index contributed by atoms with van der Waals surface area (Å²) in [5.74, 6) is 3.17. The van der Waals surface area contributed by atoms with Gasteiger partial charge in [-0.15, -0.1) is 0 Å².